The predicted octanol–water partition coefficient (Wildman–Crippen LogP) is 4.55. The molecule has 0 unspecified atom stereocenters. The Morgan fingerprint density at radius 2 is 1.95 bits per heavy atom. The first-order chi connectivity index (χ1) is 18.4. The quantitative estimate of drug-likeness (QED) is 0.160. The van der Waals surface area contributed by atoms with E-state index in [0.717, 1.165) is 88.3 Å². The van der Waals surface area contributed by atoms with Crippen LogP contribution in [0, 0.1) is 5.92 Å². The summed E-state index contributed by atoms with van der Waals surface area (Å²) >= 11 is 1.63. The van der Waals surface area contributed by atoms with Crippen LogP contribution in [0.15, 0.2) is 46.3 Å². The number of aliphatic hydroxyl groups excluding tert-OH is 1. The van der Waals surface area contributed by atoms with Crippen LogP contribution in [0.4, 0.5) is 5.82 Å². The van der Waals surface area contributed by atoms with Crippen molar-refractivity contribution in [3.8, 4) is 0 Å². The van der Waals surface area contributed by atoms with E-state index in [9.17, 15) is 9.90 Å². The van der Waals surface area contributed by atoms with Crippen LogP contribution in [0.2, 0.25) is 0 Å². The van der Waals surface area contributed by atoms with Crippen LogP contribution in [0.1, 0.15) is 50.8 Å². The third-order valence-electron chi connectivity index (χ3n) is 6.59. The van der Waals surface area contributed by atoms with Gasteiger partial charge in [0.05, 0.1) is 21.6 Å². The summed E-state index contributed by atoms with van der Waals surface area (Å²) in [5.41, 5.74) is 8.57. The molecule has 0 amide bonds. The number of pyridine rings is 1. The normalized spacial score (nSPS) is 11.7. The van der Waals surface area contributed by atoms with Crippen molar-refractivity contribution in [3.05, 3.63) is 58.1 Å². The van der Waals surface area contributed by atoms with Crippen molar-refractivity contribution in [1.82, 2.24) is 19.3 Å². The molecule has 3 heterocycles. The predicted molar refractivity (Wildman–Crippen MR) is 158 cm³/mol. The zero-order valence-electron chi connectivity index (χ0n) is 22.7. The summed E-state index contributed by atoms with van der Waals surface area (Å²) in [4.78, 5) is 18.2. The monoisotopic (exact) mass is 536 g/mol. The number of hydrogen-bond acceptors (Lipinski definition) is 7. The number of unbranched alkanes of at least 4 members (excludes halogenated alkanes) is 2. The second-order valence-corrected chi connectivity index (χ2v) is 11.3. The Morgan fingerprint density at radius 1 is 1.13 bits per heavy atom. The number of aromatic nitrogens is 4. The maximum absolute atomic E-state index is 13.3. The number of nitrogens with one attached hydrogen (secondary N) is 1. The average molecular weight is 537 g/mol. The molecule has 0 fully saturated rings. The fraction of sp³-hybridized carbons (Fsp3) is 0.483. The van der Waals surface area contributed by atoms with E-state index in [4.69, 9.17) is 10.7 Å². The molecule has 0 aliphatic carbocycles. The van der Waals surface area contributed by atoms with Crippen LogP contribution in [0.5, 0.6) is 0 Å². The van der Waals surface area contributed by atoms with Crippen LogP contribution < -0.4 is 16.6 Å². The van der Waals surface area contributed by atoms with Crippen molar-refractivity contribution in [1.29, 1.82) is 0 Å². The second-order valence-electron chi connectivity index (χ2n) is 10.2. The number of rotatable bonds is 14. The molecule has 3 aromatic heterocycles. The molecular formula is C29H40N6O2S. The summed E-state index contributed by atoms with van der Waals surface area (Å²) in [6.07, 6.45) is 6.73. The van der Waals surface area contributed by atoms with Crippen LogP contribution >= 0.6 is 11.8 Å². The number of aliphatic hydroxyl groups is 1. The molecule has 0 saturated heterocycles. The van der Waals surface area contributed by atoms with Gasteiger partial charge in [0.2, 0.25) is 0 Å². The van der Waals surface area contributed by atoms with Crippen molar-refractivity contribution in [3.63, 3.8) is 0 Å². The van der Waals surface area contributed by atoms with E-state index in [1.54, 1.807) is 18.8 Å². The van der Waals surface area contributed by atoms with E-state index in [-0.39, 0.29) is 12.2 Å². The van der Waals surface area contributed by atoms with Crippen molar-refractivity contribution in [2.45, 2.75) is 57.5 Å². The van der Waals surface area contributed by atoms with Gasteiger partial charge in [0.15, 0.2) is 0 Å². The highest BCUT2D eigenvalue weighted by Crippen LogP contribution is 2.32. The number of nitrogens with zero attached hydrogens (tertiary/aromatic N) is 4. The lowest BCUT2D eigenvalue weighted by molar-refractivity contribution is 0.296. The molecular weight excluding hydrogens is 496 g/mol. The third-order valence-corrected chi connectivity index (χ3v) is 7.80. The molecule has 38 heavy (non-hydrogen) atoms. The zero-order valence-corrected chi connectivity index (χ0v) is 23.6. The summed E-state index contributed by atoms with van der Waals surface area (Å²) < 4.78 is 3.65. The highest BCUT2D eigenvalue weighted by atomic mass is 32.2. The van der Waals surface area contributed by atoms with E-state index in [0.29, 0.717) is 18.9 Å². The van der Waals surface area contributed by atoms with Gasteiger partial charge in [0, 0.05) is 49.5 Å². The number of benzene rings is 1. The first-order valence-electron chi connectivity index (χ1n) is 13.6. The number of thioether (sulfide) groups is 1. The summed E-state index contributed by atoms with van der Waals surface area (Å²) in [6.45, 7) is 6.63. The van der Waals surface area contributed by atoms with Crippen LogP contribution in [-0.2, 0) is 20.0 Å². The van der Waals surface area contributed by atoms with E-state index < -0.39 is 0 Å². The molecule has 0 aliphatic rings. The minimum atomic E-state index is -0.0859. The molecule has 4 aromatic rings. The summed E-state index contributed by atoms with van der Waals surface area (Å²) in [7, 11) is 1.73. The Kier molecular flexibility index (Phi) is 9.82. The largest absolute Gasteiger partial charge is 0.396 e. The molecule has 0 spiro atoms. The Labute approximate surface area is 228 Å². The maximum atomic E-state index is 13.3. The molecule has 0 radical (unpaired) electrons. The zero-order chi connectivity index (χ0) is 27.1. The lowest BCUT2D eigenvalue weighted by atomic mass is 10.1. The van der Waals surface area contributed by atoms with Gasteiger partial charge in [-0.15, -0.1) is 11.8 Å². The van der Waals surface area contributed by atoms with E-state index in [2.05, 4.69) is 47.2 Å². The van der Waals surface area contributed by atoms with Gasteiger partial charge in [-0.05, 0) is 55.8 Å². The van der Waals surface area contributed by atoms with Gasteiger partial charge in [0.25, 0.3) is 5.56 Å². The van der Waals surface area contributed by atoms with Gasteiger partial charge in [-0.1, -0.05) is 38.5 Å². The number of anilines is 1. The lowest BCUT2D eigenvalue weighted by Crippen LogP contribution is -2.22. The molecule has 0 aliphatic heterocycles. The number of fused-ring (bicyclic) bond motifs is 2. The van der Waals surface area contributed by atoms with Gasteiger partial charge in [-0.25, -0.2) is 9.67 Å². The minimum absolute atomic E-state index is 0.0859. The number of aryl methyl sites for hydroxylation is 1. The Morgan fingerprint density at radius 3 is 2.71 bits per heavy atom. The molecule has 8 nitrogen and oxygen atoms in total. The molecule has 0 saturated carbocycles. The highest BCUT2D eigenvalue weighted by Gasteiger charge is 2.20. The van der Waals surface area contributed by atoms with Gasteiger partial charge in [-0.2, -0.15) is 5.10 Å². The summed E-state index contributed by atoms with van der Waals surface area (Å²) in [6, 6.07) is 10.3. The average Bonchev–Trinajstić information content (AvgIpc) is 3.25. The van der Waals surface area contributed by atoms with E-state index in [1.165, 1.54) is 4.68 Å². The first kappa shape index (κ1) is 28.1. The van der Waals surface area contributed by atoms with Crippen molar-refractivity contribution >= 4 is 39.3 Å². The molecule has 4 N–H and O–H groups in total. The van der Waals surface area contributed by atoms with Gasteiger partial charge in [0.1, 0.15) is 5.82 Å². The van der Waals surface area contributed by atoms with Crippen molar-refractivity contribution < 1.29 is 5.11 Å². The third kappa shape index (κ3) is 6.57. The second kappa shape index (κ2) is 13.3. The van der Waals surface area contributed by atoms with Gasteiger partial charge in [-0.3, -0.25) is 4.79 Å². The first-order valence-corrected chi connectivity index (χ1v) is 14.6. The maximum Gasteiger partial charge on any atom is 0.277 e. The summed E-state index contributed by atoms with van der Waals surface area (Å²) in [5, 5.41) is 21.2. The number of hydrogen-bond donors (Lipinski definition) is 3. The van der Waals surface area contributed by atoms with E-state index >= 15 is 0 Å². The fourth-order valence-electron chi connectivity index (χ4n) is 4.76. The number of para-hydroxylation sites is 1. The molecule has 204 valence electrons. The van der Waals surface area contributed by atoms with E-state index in [1.807, 2.05) is 18.2 Å². The van der Waals surface area contributed by atoms with Crippen molar-refractivity contribution in [2.75, 3.05) is 30.8 Å². The molecule has 1 aromatic carbocycles. The topological polar surface area (TPSA) is 111 Å². The molecule has 9 heteroatoms. The van der Waals surface area contributed by atoms with Crippen LogP contribution in [0.25, 0.3) is 21.7 Å². The fourth-order valence-corrected chi connectivity index (χ4v) is 5.86. The molecule has 0 atom stereocenters. The minimum Gasteiger partial charge on any atom is -0.396 e. The van der Waals surface area contributed by atoms with Crippen LogP contribution in [-0.4, -0.2) is 49.9 Å². The SMILES string of the molecule is CC(C)Cc1nn(C)c(=O)c2c(SCCCO)n(Cc3cc(NCCCCCN)nc4ccccc34)cc12. The Balaban J connectivity index is 1.78. The van der Waals surface area contributed by atoms with Gasteiger partial charge < -0.3 is 20.7 Å². The Hall–Kier alpha value is -2.88. The van der Waals surface area contributed by atoms with Crippen molar-refractivity contribution in [2.24, 2.45) is 18.7 Å². The summed E-state index contributed by atoms with van der Waals surface area (Å²) in [5.74, 6) is 2.00. The Bertz CT molecular complexity index is 1430. The van der Waals surface area contributed by atoms with Crippen LogP contribution in [0.3, 0.4) is 0 Å². The molecule has 4 rings (SSSR count). The molecule has 0 bridgehead atoms. The highest BCUT2D eigenvalue weighted by molar-refractivity contribution is 7.99. The lowest BCUT2D eigenvalue weighted by Gasteiger charge is -2.14. The standard InChI is InChI=1S/C29H40N6O2S/c1-20(2)16-25-23-19-35(29(38-15-9-14-36)27(23)28(37)34(3)33-25)18-21-17-26(31-13-8-4-7-12-30)32-24-11-6-5-10-22(21)24/h5-6,10-11,17,19-20,36H,4,7-9,12-16,18,30H2,1-3H3,(H,31,32). The number of nitrogens with two attached hydrogens (primary N) is 1. The van der Waals surface area contributed by atoms with Gasteiger partial charge >= 0.3 is 0 Å². The smallest absolute Gasteiger partial charge is 0.277 e.